The molecule has 0 N–H and O–H groups in total. The van der Waals surface area contributed by atoms with Gasteiger partial charge in [-0.2, -0.15) is 5.10 Å². The number of hydrogen-bond acceptors (Lipinski definition) is 4. The Hall–Kier alpha value is -3.79. The van der Waals surface area contributed by atoms with Crippen molar-refractivity contribution in [3.8, 4) is 11.5 Å². The molecule has 2 aliphatic rings. The van der Waals surface area contributed by atoms with Crippen molar-refractivity contribution >= 4 is 16.5 Å². The Bertz CT molecular complexity index is 1320. The van der Waals surface area contributed by atoms with Gasteiger partial charge in [0, 0.05) is 23.1 Å². The van der Waals surface area contributed by atoms with Crippen LogP contribution >= 0.6 is 0 Å². The van der Waals surface area contributed by atoms with Crippen LogP contribution < -0.4 is 9.47 Å². The molecule has 0 aromatic heterocycles. The molecule has 2 heterocycles. The van der Waals surface area contributed by atoms with E-state index in [9.17, 15) is 0 Å². The highest BCUT2D eigenvalue weighted by Crippen LogP contribution is 2.47. The molecule has 0 aliphatic carbocycles. The van der Waals surface area contributed by atoms with Crippen molar-refractivity contribution in [3.63, 3.8) is 0 Å². The van der Waals surface area contributed by atoms with Crippen LogP contribution in [0.5, 0.6) is 11.5 Å². The Labute approximate surface area is 194 Å². The van der Waals surface area contributed by atoms with Crippen LogP contribution in [0.2, 0.25) is 0 Å². The molecule has 2 atom stereocenters. The molecule has 33 heavy (non-hydrogen) atoms. The summed E-state index contributed by atoms with van der Waals surface area (Å²) in [4.78, 5) is 0. The molecule has 2 aliphatic heterocycles. The molecule has 4 aromatic rings. The van der Waals surface area contributed by atoms with Gasteiger partial charge in [0.25, 0.3) is 0 Å². The Kier molecular flexibility index (Phi) is 4.99. The third-order valence-corrected chi connectivity index (χ3v) is 6.44. The maximum absolute atomic E-state index is 6.50. The molecule has 0 amide bonds. The maximum atomic E-state index is 6.50. The van der Waals surface area contributed by atoms with Crippen LogP contribution in [-0.4, -0.2) is 17.3 Å². The minimum Gasteiger partial charge on any atom is -0.494 e. The predicted molar refractivity (Wildman–Crippen MR) is 132 cm³/mol. The van der Waals surface area contributed by atoms with Crippen LogP contribution in [0.3, 0.4) is 0 Å². The number of rotatable bonds is 5. The van der Waals surface area contributed by atoms with Gasteiger partial charge in [0.05, 0.1) is 18.4 Å². The zero-order valence-electron chi connectivity index (χ0n) is 18.6. The van der Waals surface area contributed by atoms with Crippen molar-refractivity contribution in [2.24, 2.45) is 5.10 Å². The molecule has 0 saturated heterocycles. The zero-order valence-corrected chi connectivity index (χ0v) is 18.6. The highest BCUT2D eigenvalue weighted by molar-refractivity contribution is 6.11. The molecular weight excluding hydrogens is 408 g/mol. The van der Waals surface area contributed by atoms with E-state index in [0.717, 1.165) is 42.2 Å². The molecule has 164 valence electrons. The SMILES string of the molecule is CCCOc1ccc([C@@H]2Oc3ccccc3[C@@H]3CC(c4cccc5ccccc45)=NN32)cc1. The van der Waals surface area contributed by atoms with Crippen LogP contribution in [0.25, 0.3) is 10.8 Å². The summed E-state index contributed by atoms with van der Waals surface area (Å²) in [6.45, 7) is 2.83. The predicted octanol–water partition coefficient (Wildman–Crippen LogP) is 6.87. The van der Waals surface area contributed by atoms with E-state index in [1.165, 1.54) is 21.9 Å². The third-order valence-electron chi connectivity index (χ3n) is 6.44. The van der Waals surface area contributed by atoms with Crippen molar-refractivity contribution in [1.29, 1.82) is 0 Å². The normalized spacial score (nSPS) is 18.9. The average Bonchev–Trinajstić information content (AvgIpc) is 3.33. The number of hydrazone groups is 1. The van der Waals surface area contributed by atoms with E-state index in [0.29, 0.717) is 0 Å². The molecule has 6 rings (SSSR count). The Morgan fingerprint density at radius 1 is 0.909 bits per heavy atom. The first-order chi connectivity index (χ1) is 16.3. The van der Waals surface area contributed by atoms with Gasteiger partial charge in [0.15, 0.2) is 0 Å². The van der Waals surface area contributed by atoms with Gasteiger partial charge in [0.2, 0.25) is 6.23 Å². The standard InChI is InChI=1S/C29H26N2O2/c1-2-18-32-22-16-14-21(15-17-22)29-31-27(25-11-5-6-13-28(25)33-29)19-26(30-31)24-12-7-9-20-8-3-4-10-23(20)24/h3-17,27,29H,2,18-19H2,1H3/t27-,29-/m0/s1. The van der Waals surface area contributed by atoms with Crippen LogP contribution in [0.1, 0.15) is 48.7 Å². The largest absolute Gasteiger partial charge is 0.494 e. The lowest BCUT2D eigenvalue weighted by atomic mass is 9.93. The molecule has 4 nitrogen and oxygen atoms in total. The quantitative estimate of drug-likeness (QED) is 0.344. The van der Waals surface area contributed by atoms with E-state index in [2.05, 4.69) is 84.7 Å². The van der Waals surface area contributed by atoms with Gasteiger partial charge >= 0.3 is 0 Å². The van der Waals surface area contributed by atoms with E-state index >= 15 is 0 Å². The van der Waals surface area contributed by atoms with Crippen LogP contribution in [0.4, 0.5) is 0 Å². The monoisotopic (exact) mass is 434 g/mol. The summed E-state index contributed by atoms with van der Waals surface area (Å²) >= 11 is 0. The second-order valence-electron chi connectivity index (χ2n) is 8.60. The third kappa shape index (κ3) is 3.52. The van der Waals surface area contributed by atoms with Gasteiger partial charge in [-0.05, 0) is 47.5 Å². The molecule has 0 bridgehead atoms. The summed E-state index contributed by atoms with van der Waals surface area (Å²) in [5, 5.41) is 9.77. The summed E-state index contributed by atoms with van der Waals surface area (Å²) in [6.07, 6.45) is 1.56. The summed E-state index contributed by atoms with van der Waals surface area (Å²) in [5.41, 5.74) is 4.56. The number of benzene rings is 4. The lowest BCUT2D eigenvalue weighted by molar-refractivity contribution is -0.0190. The first-order valence-electron chi connectivity index (χ1n) is 11.6. The summed E-state index contributed by atoms with van der Waals surface area (Å²) in [5.74, 6) is 1.82. The van der Waals surface area contributed by atoms with E-state index < -0.39 is 0 Å². The molecule has 0 radical (unpaired) electrons. The number of ether oxygens (including phenoxy) is 2. The fourth-order valence-corrected chi connectivity index (χ4v) is 4.84. The highest BCUT2D eigenvalue weighted by Gasteiger charge is 2.41. The van der Waals surface area contributed by atoms with E-state index in [4.69, 9.17) is 14.6 Å². The summed E-state index contributed by atoms with van der Waals surface area (Å²) in [7, 11) is 0. The zero-order chi connectivity index (χ0) is 22.2. The smallest absolute Gasteiger partial charge is 0.213 e. The van der Waals surface area contributed by atoms with Crippen molar-refractivity contribution in [1.82, 2.24) is 5.01 Å². The van der Waals surface area contributed by atoms with Crippen molar-refractivity contribution < 1.29 is 9.47 Å². The molecule has 4 aromatic carbocycles. The Morgan fingerprint density at radius 3 is 2.58 bits per heavy atom. The van der Waals surface area contributed by atoms with Crippen molar-refractivity contribution in [3.05, 3.63) is 108 Å². The number of para-hydroxylation sites is 1. The van der Waals surface area contributed by atoms with Gasteiger partial charge in [-0.25, -0.2) is 5.01 Å². The average molecular weight is 435 g/mol. The Balaban J connectivity index is 1.41. The van der Waals surface area contributed by atoms with Gasteiger partial charge in [-0.3, -0.25) is 0 Å². The first-order valence-corrected chi connectivity index (χ1v) is 11.6. The van der Waals surface area contributed by atoms with Gasteiger partial charge in [0.1, 0.15) is 11.5 Å². The lowest BCUT2D eigenvalue weighted by Gasteiger charge is -2.38. The van der Waals surface area contributed by atoms with Gasteiger partial charge in [-0.1, -0.05) is 67.6 Å². The van der Waals surface area contributed by atoms with Crippen LogP contribution in [0, 0.1) is 0 Å². The van der Waals surface area contributed by atoms with Crippen LogP contribution in [-0.2, 0) is 0 Å². The molecular formula is C29H26N2O2. The molecule has 0 fully saturated rings. The van der Waals surface area contributed by atoms with Crippen molar-refractivity contribution in [2.75, 3.05) is 6.61 Å². The first kappa shape index (κ1) is 19.9. The lowest BCUT2D eigenvalue weighted by Crippen LogP contribution is -2.33. The van der Waals surface area contributed by atoms with Crippen molar-refractivity contribution in [2.45, 2.75) is 32.0 Å². The fourth-order valence-electron chi connectivity index (χ4n) is 4.84. The minimum atomic E-state index is -0.280. The Morgan fingerprint density at radius 2 is 1.70 bits per heavy atom. The second-order valence-corrected chi connectivity index (χ2v) is 8.60. The molecule has 0 unspecified atom stereocenters. The summed E-state index contributed by atoms with van der Waals surface area (Å²) in [6, 6.07) is 31.7. The minimum absolute atomic E-state index is 0.143. The van der Waals surface area contributed by atoms with E-state index in [1.54, 1.807) is 0 Å². The fraction of sp³-hybridized carbons (Fsp3) is 0.207. The summed E-state index contributed by atoms with van der Waals surface area (Å²) < 4.78 is 12.3. The highest BCUT2D eigenvalue weighted by atomic mass is 16.5. The second kappa shape index (κ2) is 8.28. The number of hydrogen-bond donors (Lipinski definition) is 0. The number of nitrogens with zero attached hydrogens (tertiary/aromatic N) is 2. The molecule has 4 heteroatoms. The number of fused-ring (bicyclic) bond motifs is 4. The topological polar surface area (TPSA) is 34.1 Å². The molecule has 0 saturated carbocycles. The van der Waals surface area contributed by atoms with E-state index in [1.807, 2.05) is 18.2 Å². The molecule has 0 spiro atoms. The van der Waals surface area contributed by atoms with Gasteiger partial charge < -0.3 is 9.47 Å². The van der Waals surface area contributed by atoms with Gasteiger partial charge in [-0.15, -0.1) is 0 Å². The maximum Gasteiger partial charge on any atom is 0.213 e. The van der Waals surface area contributed by atoms with E-state index in [-0.39, 0.29) is 12.3 Å². The van der Waals surface area contributed by atoms with Crippen LogP contribution in [0.15, 0.2) is 96.1 Å².